The van der Waals surface area contributed by atoms with Crippen LogP contribution < -0.4 is 19.1 Å². The number of benzene rings is 3. The number of nitrogens with zero attached hydrogens (tertiary/aromatic N) is 1. The van der Waals surface area contributed by atoms with Gasteiger partial charge in [-0.1, -0.05) is 17.7 Å². The highest BCUT2D eigenvalue weighted by molar-refractivity contribution is 7.92. The number of sulfonamides is 1. The fraction of sp³-hybridized carbons (Fsp3) is 0.192. The molecule has 1 aliphatic rings. The van der Waals surface area contributed by atoms with E-state index in [0.29, 0.717) is 22.9 Å². The Balaban J connectivity index is 1.28. The van der Waals surface area contributed by atoms with E-state index in [-0.39, 0.29) is 23.0 Å². The van der Waals surface area contributed by atoms with Crippen molar-refractivity contribution in [2.24, 2.45) is 0 Å². The van der Waals surface area contributed by atoms with Gasteiger partial charge in [-0.05, 0) is 61.5 Å². The Labute approximate surface area is 213 Å². The van der Waals surface area contributed by atoms with Gasteiger partial charge in [-0.2, -0.15) is 0 Å². The molecule has 1 N–H and O–H groups in total. The van der Waals surface area contributed by atoms with Gasteiger partial charge in [0.2, 0.25) is 0 Å². The molecule has 0 radical (unpaired) electrons. The number of Topliss-reactive ketones (excluding diaryl/α,β-unsaturated/α-hetero) is 1. The minimum Gasteiger partial charge on any atom is -0.482 e. The molecule has 192 valence electrons. The zero-order chi connectivity index (χ0) is 26.6. The number of carbonyl (C=O) groups is 3. The molecule has 0 saturated carbocycles. The lowest BCUT2D eigenvalue weighted by Gasteiger charge is -2.20. The summed E-state index contributed by atoms with van der Waals surface area (Å²) in [4.78, 5) is 36.0. The van der Waals surface area contributed by atoms with E-state index in [0.717, 1.165) is 9.87 Å². The highest BCUT2D eigenvalue weighted by atomic mass is 32.2. The topological polar surface area (TPSA) is 128 Å². The number of hydrogen-bond donors (Lipinski definition) is 1. The number of esters is 1. The molecule has 4 rings (SSSR count). The first-order chi connectivity index (χ1) is 17.6. The number of anilines is 2. The smallest absolute Gasteiger partial charge is 0.344 e. The maximum atomic E-state index is 12.8. The van der Waals surface area contributed by atoms with Crippen molar-refractivity contribution in [2.75, 3.05) is 36.5 Å². The van der Waals surface area contributed by atoms with Gasteiger partial charge in [0.05, 0.1) is 16.3 Å². The summed E-state index contributed by atoms with van der Waals surface area (Å²) >= 11 is 0. The number of nitrogens with one attached hydrogen (secondary N) is 1. The third-order valence-corrected chi connectivity index (χ3v) is 7.33. The predicted octanol–water partition coefficient (Wildman–Crippen LogP) is 2.96. The van der Waals surface area contributed by atoms with Gasteiger partial charge >= 0.3 is 5.97 Å². The predicted molar refractivity (Wildman–Crippen MR) is 135 cm³/mol. The zero-order valence-corrected chi connectivity index (χ0v) is 20.9. The molecular formula is C26H24N2O8S. The monoisotopic (exact) mass is 524 g/mol. The largest absolute Gasteiger partial charge is 0.482 e. The van der Waals surface area contributed by atoms with Gasteiger partial charge in [0, 0.05) is 12.6 Å². The first-order valence-corrected chi connectivity index (χ1v) is 12.6. The molecule has 1 amide bonds. The van der Waals surface area contributed by atoms with Gasteiger partial charge in [-0.15, -0.1) is 0 Å². The Hall–Kier alpha value is -4.38. The minimum atomic E-state index is -3.73. The van der Waals surface area contributed by atoms with Gasteiger partial charge in [0.1, 0.15) is 11.5 Å². The molecule has 0 aromatic heterocycles. The van der Waals surface area contributed by atoms with Crippen molar-refractivity contribution in [2.45, 2.75) is 11.8 Å². The Morgan fingerprint density at radius 1 is 1.00 bits per heavy atom. The molecule has 0 aliphatic carbocycles. The molecule has 0 fully saturated rings. The molecular weight excluding hydrogens is 500 g/mol. The zero-order valence-electron chi connectivity index (χ0n) is 20.1. The van der Waals surface area contributed by atoms with Crippen molar-refractivity contribution in [1.29, 1.82) is 0 Å². The van der Waals surface area contributed by atoms with Crippen molar-refractivity contribution in [3.63, 3.8) is 0 Å². The van der Waals surface area contributed by atoms with Crippen molar-refractivity contribution in [3.8, 4) is 11.5 Å². The molecule has 1 aliphatic heterocycles. The highest BCUT2D eigenvalue weighted by Crippen LogP contribution is 2.28. The van der Waals surface area contributed by atoms with Crippen LogP contribution in [0.25, 0.3) is 0 Å². The molecule has 11 heteroatoms. The molecule has 0 atom stereocenters. The second-order valence-corrected chi connectivity index (χ2v) is 10.2. The second kappa shape index (κ2) is 10.7. The fourth-order valence-electron chi connectivity index (χ4n) is 3.43. The van der Waals surface area contributed by atoms with E-state index in [4.69, 9.17) is 14.2 Å². The van der Waals surface area contributed by atoms with Crippen LogP contribution in [0.15, 0.2) is 71.6 Å². The lowest BCUT2D eigenvalue weighted by atomic mass is 10.1. The van der Waals surface area contributed by atoms with Crippen molar-refractivity contribution < 1.29 is 37.0 Å². The molecule has 0 spiro atoms. The number of aryl methyl sites for hydroxylation is 1. The lowest BCUT2D eigenvalue weighted by Crippen LogP contribution is -2.26. The fourth-order valence-corrected chi connectivity index (χ4v) is 4.62. The summed E-state index contributed by atoms with van der Waals surface area (Å²) in [6.45, 7) is 0.831. The number of ketones is 1. The highest BCUT2D eigenvalue weighted by Gasteiger charge is 2.21. The summed E-state index contributed by atoms with van der Waals surface area (Å²) in [7, 11) is -2.29. The third-order valence-electron chi connectivity index (χ3n) is 5.54. The molecule has 1 heterocycles. The van der Waals surface area contributed by atoms with E-state index in [1.54, 1.807) is 42.5 Å². The molecule has 37 heavy (non-hydrogen) atoms. The van der Waals surface area contributed by atoms with Gasteiger partial charge in [-0.25, -0.2) is 13.2 Å². The summed E-state index contributed by atoms with van der Waals surface area (Å²) in [6, 6.07) is 17.2. The van der Waals surface area contributed by atoms with E-state index in [9.17, 15) is 22.8 Å². The first-order valence-electron chi connectivity index (χ1n) is 11.2. The van der Waals surface area contributed by atoms with Crippen molar-refractivity contribution in [3.05, 3.63) is 77.9 Å². The SMILES string of the molecule is Cc1ccc(S(=O)(=O)N(C)c2ccc(OCC(=O)OCC(=O)c3ccc4c(c3)NC(=O)CO4)cc2)cc1. The van der Waals surface area contributed by atoms with Crippen LogP contribution in [0.3, 0.4) is 0 Å². The van der Waals surface area contributed by atoms with Crippen molar-refractivity contribution >= 4 is 39.1 Å². The summed E-state index contributed by atoms with van der Waals surface area (Å²) in [5.41, 5.74) is 1.98. The lowest BCUT2D eigenvalue weighted by molar-refractivity contribution is -0.144. The number of hydrogen-bond acceptors (Lipinski definition) is 8. The number of amides is 1. The van der Waals surface area contributed by atoms with Gasteiger partial charge in [-0.3, -0.25) is 13.9 Å². The quantitative estimate of drug-likeness (QED) is 0.334. The summed E-state index contributed by atoms with van der Waals surface area (Å²) in [6.07, 6.45) is 0. The number of rotatable bonds is 9. The minimum absolute atomic E-state index is 0.0934. The van der Waals surface area contributed by atoms with Crippen LogP contribution in [-0.2, 0) is 24.3 Å². The normalized spacial score (nSPS) is 12.5. The van der Waals surface area contributed by atoms with Crippen LogP contribution in [-0.4, -0.2) is 52.9 Å². The molecule has 3 aromatic carbocycles. The maximum absolute atomic E-state index is 12.8. The average Bonchev–Trinajstić information content (AvgIpc) is 2.90. The van der Waals surface area contributed by atoms with Crippen LogP contribution in [0.4, 0.5) is 11.4 Å². The maximum Gasteiger partial charge on any atom is 0.344 e. The van der Waals surface area contributed by atoms with Gasteiger partial charge in [0.25, 0.3) is 15.9 Å². The number of fused-ring (bicyclic) bond motifs is 1. The number of carbonyl (C=O) groups excluding carboxylic acids is 3. The summed E-state index contributed by atoms with van der Waals surface area (Å²) in [5, 5.41) is 2.61. The molecule has 3 aromatic rings. The van der Waals surface area contributed by atoms with Crippen LogP contribution in [0.2, 0.25) is 0 Å². The average molecular weight is 525 g/mol. The Morgan fingerprint density at radius 3 is 2.41 bits per heavy atom. The van der Waals surface area contributed by atoms with E-state index in [2.05, 4.69) is 5.32 Å². The van der Waals surface area contributed by atoms with E-state index in [1.165, 1.54) is 31.3 Å². The van der Waals surface area contributed by atoms with Gasteiger partial charge < -0.3 is 19.5 Å². The van der Waals surface area contributed by atoms with Crippen LogP contribution in [0.1, 0.15) is 15.9 Å². The van der Waals surface area contributed by atoms with Gasteiger partial charge in [0.15, 0.2) is 25.6 Å². The van der Waals surface area contributed by atoms with E-state index >= 15 is 0 Å². The standard InChI is InChI=1S/C26H24N2O8S/c1-17-3-10-21(11-4-17)37(32,33)28(2)19-6-8-20(9-7-19)34-16-26(31)36-14-23(29)18-5-12-24-22(13-18)27-25(30)15-35-24/h3-13H,14-16H2,1-2H3,(H,27,30). The molecule has 0 bridgehead atoms. The third kappa shape index (κ3) is 6.07. The van der Waals surface area contributed by atoms with Crippen molar-refractivity contribution in [1.82, 2.24) is 0 Å². The Kier molecular flexibility index (Phi) is 7.44. The summed E-state index contributed by atoms with van der Waals surface area (Å²) < 4.78 is 42.5. The molecule has 0 saturated heterocycles. The van der Waals surface area contributed by atoms with Crippen LogP contribution in [0, 0.1) is 6.92 Å². The van der Waals surface area contributed by atoms with Crippen LogP contribution in [0.5, 0.6) is 11.5 Å². The van der Waals surface area contributed by atoms with E-state index in [1.807, 2.05) is 6.92 Å². The first kappa shape index (κ1) is 25.7. The summed E-state index contributed by atoms with van der Waals surface area (Å²) in [5.74, 6) is -0.775. The number of ether oxygens (including phenoxy) is 3. The Bertz CT molecular complexity index is 1430. The molecule has 0 unspecified atom stereocenters. The molecule has 10 nitrogen and oxygen atoms in total. The van der Waals surface area contributed by atoms with E-state index < -0.39 is 35.0 Å². The second-order valence-electron chi connectivity index (χ2n) is 8.20. The van der Waals surface area contributed by atoms with Crippen LogP contribution >= 0.6 is 0 Å². The Morgan fingerprint density at radius 2 is 1.70 bits per heavy atom.